The predicted octanol–water partition coefficient (Wildman–Crippen LogP) is 1.51. The van der Waals surface area contributed by atoms with Gasteiger partial charge in [0.05, 0.1) is 18.0 Å². The molecule has 1 aromatic carbocycles. The Balaban J connectivity index is 1.85. The number of benzene rings is 1. The number of ether oxygens (including phenoxy) is 1. The number of aromatic nitrogens is 2. The van der Waals surface area contributed by atoms with Crippen molar-refractivity contribution in [2.45, 2.75) is 37.0 Å². The van der Waals surface area contributed by atoms with Gasteiger partial charge in [-0.3, -0.25) is 5.10 Å². The zero-order valence-electron chi connectivity index (χ0n) is 16.8. The molecule has 1 N–H and O–H groups in total. The zero-order valence-corrected chi connectivity index (χ0v) is 18.4. The topological polar surface area (TPSA) is 113 Å². The minimum absolute atomic E-state index is 0.0674. The molecule has 1 aliphatic rings. The summed E-state index contributed by atoms with van der Waals surface area (Å²) in [5, 5.41) is 6.67. The summed E-state index contributed by atoms with van der Waals surface area (Å²) < 4.78 is 60.7. The van der Waals surface area contributed by atoms with Gasteiger partial charge in [-0.2, -0.15) is 13.7 Å². The van der Waals surface area contributed by atoms with Gasteiger partial charge in [0.15, 0.2) is 0 Å². The molecule has 3 rings (SSSR count). The molecule has 9 nitrogen and oxygen atoms in total. The Hall–Kier alpha value is -1.95. The third-order valence-corrected chi connectivity index (χ3v) is 8.94. The Kier molecular flexibility index (Phi) is 6.32. The van der Waals surface area contributed by atoms with Crippen LogP contribution in [0.3, 0.4) is 0 Å². The van der Waals surface area contributed by atoms with Gasteiger partial charge in [-0.1, -0.05) is 12.1 Å². The lowest BCUT2D eigenvalue weighted by atomic mass is 10.3. The minimum atomic E-state index is -3.81. The van der Waals surface area contributed by atoms with Crippen LogP contribution >= 0.6 is 0 Å². The minimum Gasteiger partial charge on any atom is -0.492 e. The average molecular weight is 443 g/mol. The Morgan fingerprint density at radius 3 is 2.21 bits per heavy atom. The van der Waals surface area contributed by atoms with Crippen LogP contribution in [0.25, 0.3) is 0 Å². The molecule has 1 aliphatic heterocycles. The predicted molar refractivity (Wildman–Crippen MR) is 108 cm³/mol. The standard InChI is InChI=1S/C18H26N4O5S2/c1-4-27-16-8-5-6-9-17(16)28(23,24)21-10-7-11-22(13-12-21)29(25,26)18-14(2)19-20-15(18)3/h5-6,8-9H,4,7,10-13H2,1-3H3,(H,19,20). The van der Waals surface area contributed by atoms with Crippen LogP contribution in [0.5, 0.6) is 5.75 Å². The fourth-order valence-corrected chi connectivity index (χ4v) is 6.88. The second-order valence-electron chi connectivity index (χ2n) is 6.80. The van der Waals surface area contributed by atoms with Crippen LogP contribution in [0.1, 0.15) is 24.7 Å². The van der Waals surface area contributed by atoms with Crippen LogP contribution in [-0.4, -0.2) is 68.4 Å². The maximum atomic E-state index is 13.2. The molecule has 0 saturated carbocycles. The van der Waals surface area contributed by atoms with Crippen LogP contribution in [0, 0.1) is 13.8 Å². The molecule has 0 spiro atoms. The lowest BCUT2D eigenvalue weighted by molar-refractivity contribution is 0.328. The SMILES string of the molecule is CCOc1ccccc1S(=O)(=O)N1CCCN(S(=O)(=O)c2c(C)n[nH]c2C)CC1. The van der Waals surface area contributed by atoms with Crippen molar-refractivity contribution >= 4 is 20.0 Å². The van der Waals surface area contributed by atoms with Crippen LogP contribution < -0.4 is 4.74 Å². The molecular weight excluding hydrogens is 416 g/mol. The maximum absolute atomic E-state index is 13.2. The van der Waals surface area contributed by atoms with E-state index in [-0.39, 0.29) is 36.0 Å². The molecule has 1 fully saturated rings. The smallest absolute Gasteiger partial charge is 0.246 e. The third-order valence-electron chi connectivity index (χ3n) is 4.84. The summed E-state index contributed by atoms with van der Waals surface area (Å²) in [7, 11) is -7.57. The van der Waals surface area contributed by atoms with Gasteiger partial charge in [0.2, 0.25) is 20.0 Å². The van der Waals surface area contributed by atoms with Gasteiger partial charge in [0.25, 0.3) is 0 Å². The van der Waals surface area contributed by atoms with Crippen molar-refractivity contribution in [1.82, 2.24) is 18.8 Å². The monoisotopic (exact) mass is 442 g/mol. The maximum Gasteiger partial charge on any atom is 0.246 e. The number of hydrogen-bond donors (Lipinski definition) is 1. The van der Waals surface area contributed by atoms with Crippen LogP contribution in [-0.2, 0) is 20.0 Å². The van der Waals surface area contributed by atoms with Crippen molar-refractivity contribution in [3.8, 4) is 5.75 Å². The Morgan fingerprint density at radius 1 is 1.00 bits per heavy atom. The Morgan fingerprint density at radius 2 is 1.62 bits per heavy atom. The first kappa shape index (κ1) is 21.8. The second-order valence-corrected chi connectivity index (χ2v) is 10.6. The first-order valence-electron chi connectivity index (χ1n) is 9.43. The summed E-state index contributed by atoms with van der Waals surface area (Å²) in [4.78, 5) is 0.259. The molecule has 29 heavy (non-hydrogen) atoms. The van der Waals surface area contributed by atoms with Crippen molar-refractivity contribution in [3.05, 3.63) is 35.7 Å². The van der Waals surface area contributed by atoms with Crippen LogP contribution in [0.15, 0.2) is 34.1 Å². The lowest BCUT2D eigenvalue weighted by Gasteiger charge is -2.22. The van der Waals surface area contributed by atoms with E-state index in [1.165, 1.54) is 14.7 Å². The number of rotatable bonds is 6. The molecular formula is C18H26N4O5S2. The van der Waals surface area contributed by atoms with E-state index in [1.807, 2.05) is 0 Å². The summed E-state index contributed by atoms with van der Waals surface area (Å²) in [5.41, 5.74) is 0.878. The summed E-state index contributed by atoms with van der Waals surface area (Å²) in [6, 6.07) is 6.50. The third kappa shape index (κ3) is 4.18. The molecule has 0 atom stereocenters. The van der Waals surface area contributed by atoms with Gasteiger partial charge in [-0.15, -0.1) is 0 Å². The highest BCUT2D eigenvalue weighted by atomic mass is 32.2. The number of aryl methyl sites for hydroxylation is 2. The lowest BCUT2D eigenvalue weighted by Crippen LogP contribution is -2.37. The van der Waals surface area contributed by atoms with E-state index in [1.54, 1.807) is 39.0 Å². The number of H-pyrrole nitrogens is 1. The molecule has 160 valence electrons. The molecule has 1 saturated heterocycles. The summed E-state index contributed by atoms with van der Waals surface area (Å²) in [6.45, 7) is 6.05. The van der Waals surface area contributed by atoms with Crippen molar-refractivity contribution in [1.29, 1.82) is 0 Å². The van der Waals surface area contributed by atoms with Crippen molar-refractivity contribution in [3.63, 3.8) is 0 Å². The Labute approximate surface area is 171 Å². The molecule has 0 aliphatic carbocycles. The van der Waals surface area contributed by atoms with E-state index in [4.69, 9.17) is 4.74 Å². The van der Waals surface area contributed by atoms with Crippen molar-refractivity contribution in [2.75, 3.05) is 32.8 Å². The molecule has 11 heteroatoms. The first-order valence-corrected chi connectivity index (χ1v) is 12.3. The quantitative estimate of drug-likeness (QED) is 0.726. The van der Waals surface area contributed by atoms with E-state index in [0.717, 1.165) is 0 Å². The van der Waals surface area contributed by atoms with E-state index in [0.29, 0.717) is 30.2 Å². The molecule has 1 aromatic heterocycles. The molecule has 0 bridgehead atoms. The highest BCUT2D eigenvalue weighted by molar-refractivity contribution is 7.89. The van der Waals surface area contributed by atoms with E-state index < -0.39 is 20.0 Å². The zero-order chi connectivity index (χ0) is 21.2. The fraction of sp³-hybridized carbons (Fsp3) is 0.500. The van der Waals surface area contributed by atoms with Gasteiger partial charge < -0.3 is 4.74 Å². The molecule has 2 aromatic rings. The van der Waals surface area contributed by atoms with Crippen LogP contribution in [0.4, 0.5) is 0 Å². The summed E-state index contributed by atoms with van der Waals surface area (Å²) in [5.74, 6) is 0.299. The van der Waals surface area contributed by atoms with E-state index in [2.05, 4.69) is 10.2 Å². The van der Waals surface area contributed by atoms with Crippen molar-refractivity contribution < 1.29 is 21.6 Å². The normalized spacial score (nSPS) is 17.2. The summed E-state index contributed by atoms with van der Waals surface area (Å²) in [6.07, 6.45) is 0.394. The number of para-hydroxylation sites is 1. The van der Waals surface area contributed by atoms with Gasteiger partial charge >= 0.3 is 0 Å². The van der Waals surface area contributed by atoms with Gasteiger partial charge in [0, 0.05) is 26.2 Å². The van der Waals surface area contributed by atoms with Gasteiger partial charge in [0.1, 0.15) is 15.5 Å². The first-order chi connectivity index (χ1) is 13.7. The number of aromatic amines is 1. The largest absolute Gasteiger partial charge is 0.492 e. The fourth-order valence-electron chi connectivity index (χ4n) is 3.48. The molecule has 2 heterocycles. The number of nitrogens with zero attached hydrogens (tertiary/aromatic N) is 3. The molecule has 0 amide bonds. The van der Waals surface area contributed by atoms with Gasteiger partial charge in [-0.05, 0) is 39.3 Å². The number of sulfonamides is 2. The second kappa shape index (κ2) is 8.42. The highest BCUT2D eigenvalue weighted by Gasteiger charge is 2.34. The van der Waals surface area contributed by atoms with Crippen LogP contribution in [0.2, 0.25) is 0 Å². The van der Waals surface area contributed by atoms with Crippen molar-refractivity contribution in [2.24, 2.45) is 0 Å². The Bertz CT molecular complexity index is 1060. The van der Waals surface area contributed by atoms with E-state index >= 15 is 0 Å². The average Bonchev–Trinajstić information content (AvgIpc) is 2.87. The number of hydrogen-bond acceptors (Lipinski definition) is 6. The number of nitrogens with one attached hydrogen (secondary N) is 1. The highest BCUT2D eigenvalue weighted by Crippen LogP contribution is 2.28. The van der Waals surface area contributed by atoms with Gasteiger partial charge in [-0.25, -0.2) is 16.8 Å². The summed E-state index contributed by atoms with van der Waals surface area (Å²) >= 11 is 0. The van der Waals surface area contributed by atoms with E-state index in [9.17, 15) is 16.8 Å². The molecule has 0 radical (unpaired) electrons. The molecule has 0 unspecified atom stereocenters.